The summed E-state index contributed by atoms with van der Waals surface area (Å²) in [5.74, 6) is 0.331. The van der Waals surface area contributed by atoms with Gasteiger partial charge in [-0.05, 0) is 43.7 Å². The van der Waals surface area contributed by atoms with Crippen LogP contribution in [-0.4, -0.2) is 24.5 Å². The van der Waals surface area contributed by atoms with Gasteiger partial charge in [0.1, 0.15) is 5.75 Å². The van der Waals surface area contributed by atoms with Crippen molar-refractivity contribution in [3.8, 4) is 5.75 Å². The third-order valence-electron chi connectivity index (χ3n) is 3.98. The van der Waals surface area contributed by atoms with Gasteiger partial charge in [-0.1, -0.05) is 30.3 Å². The van der Waals surface area contributed by atoms with Crippen molar-refractivity contribution in [3.05, 3.63) is 60.2 Å². The van der Waals surface area contributed by atoms with Gasteiger partial charge < -0.3 is 15.0 Å². The van der Waals surface area contributed by atoms with Gasteiger partial charge in [-0.25, -0.2) is 0 Å². The van der Waals surface area contributed by atoms with Crippen molar-refractivity contribution in [1.82, 2.24) is 0 Å². The molecule has 1 atom stereocenters. The number of fused-ring (bicyclic) bond motifs is 1. The summed E-state index contributed by atoms with van der Waals surface area (Å²) >= 11 is 0. The van der Waals surface area contributed by atoms with Crippen LogP contribution in [0.3, 0.4) is 0 Å². The van der Waals surface area contributed by atoms with E-state index < -0.39 is 6.10 Å². The third kappa shape index (κ3) is 3.71. The number of likely N-dealkylation sites (N-methyl/N-ethyl adjacent to an activating group) is 1. The Hall–Kier alpha value is -3.08. The zero-order valence-electron chi connectivity index (χ0n) is 14.2. The molecule has 1 aliphatic heterocycles. The highest BCUT2D eigenvalue weighted by atomic mass is 16.5. The monoisotopic (exact) mass is 336 g/mol. The summed E-state index contributed by atoms with van der Waals surface area (Å²) in [7, 11) is 0. The van der Waals surface area contributed by atoms with Crippen LogP contribution >= 0.6 is 0 Å². The fourth-order valence-corrected chi connectivity index (χ4v) is 2.73. The van der Waals surface area contributed by atoms with Crippen molar-refractivity contribution in [1.29, 1.82) is 0 Å². The van der Waals surface area contributed by atoms with Crippen molar-refractivity contribution in [3.63, 3.8) is 0 Å². The second-order valence-electron chi connectivity index (χ2n) is 5.76. The van der Waals surface area contributed by atoms with Crippen molar-refractivity contribution in [2.24, 2.45) is 0 Å². The lowest BCUT2D eigenvalue weighted by atomic mass is 10.1. The number of anilines is 2. The number of nitrogens with one attached hydrogen (secondary N) is 1. The van der Waals surface area contributed by atoms with E-state index in [1.54, 1.807) is 36.1 Å². The van der Waals surface area contributed by atoms with E-state index in [1.807, 2.05) is 37.3 Å². The number of nitrogens with zero attached hydrogens (tertiary/aromatic N) is 1. The maximum absolute atomic E-state index is 12.2. The van der Waals surface area contributed by atoms with Gasteiger partial charge in [-0.15, -0.1) is 0 Å². The van der Waals surface area contributed by atoms with Crippen molar-refractivity contribution < 1.29 is 14.3 Å². The topological polar surface area (TPSA) is 58.6 Å². The van der Waals surface area contributed by atoms with Gasteiger partial charge in [0.2, 0.25) is 5.91 Å². The lowest BCUT2D eigenvalue weighted by Gasteiger charge is -2.32. The Morgan fingerprint density at radius 2 is 2.00 bits per heavy atom. The number of hydrogen-bond donors (Lipinski definition) is 1. The van der Waals surface area contributed by atoms with Crippen LogP contribution in [0.5, 0.6) is 5.75 Å². The molecule has 1 unspecified atom stereocenters. The summed E-state index contributed by atoms with van der Waals surface area (Å²) in [6.45, 7) is 4.19. The molecule has 2 amide bonds. The zero-order valence-corrected chi connectivity index (χ0v) is 14.2. The number of hydrogen-bond acceptors (Lipinski definition) is 3. The minimum Gasteiger partial charge on any atom is -0.479 e. The first-order valence-corrected chi connectivity index (χ1v) is 8.24. The van der Waals surface area contributed by atoms with Gasteiger partial charge in [-0.2, -0.15) is 0 Å². The van der Waals surface area contributed by atoms with Gasteiger partial charge in [0.25, 0.3) is 5.91 Å². The lowest BCUT2D eigenvalue weighted by Crippen LogP contribution is -2.44. The van der Waals surface area contributed by atoms with Gasteiger partial charge in [-0.3, -0.25) is 9.59 Å². The molecule has 25 heavy (non-hydrogen) atoms. The summed E-state index contributed by atoms with van der Waals surface area (Å²) in [6.07, 6.45) is 2.73. The predicted molar refractivity (Wildman–Crippen MR) is 98.7 cm³/mol. The van der Waals surface area contributed by atoms with Crippen molar-refractivity contribution in [2.75, 3.05) is 16.8 Å². The van der Waals surface area contributed by atoms with Crippen LogP contribution in [0.2, 0.25) is 0 Å². The average molecular weight is 336 g/mol. The SMILES string of the molecule is CCN1C(=O)C(C)Oc2ccc(NC(=O)/C=C/c3ccccc3)cc21. The molecule has 0 aromatic heterocycles. The molecule has 1 N–H and O–H groups in total. The molecule has 0 fully saturated rings. The molecule has 2 aromatic rings. The Kier molecular flexibility index (Phi) is 4.84. The van der Waals surface area contributed by atoms with Crippen molar-refractivity contribution >= 4 is 29.3 Å². The maximum Gasteiger partial charge on any atom is 0.267 e. The summed E-state index contributed by atoms with van der Waals surface area (Å²) in [4.78, 5) is 26.0. The highest BCUT2D eigenvalue weighted by Gasteiger charge is 2.30. The highest BCUT2D eigenvalue weighted by Crippen LogP contribution is 2.36. The van der Waals surface area contributed by atoms with Crippen molar-refractivity contribution in [2.45, 2.75) is 20.0 Å². The van der Waals surface area contributed by atoms with Crippen LogP contribution in [0, 0.1) is 0 Å². The Morgan fingerprint density at radius 3 is 2.72 bits per heavy atom. The molecule has 2 aromatic carbocycles. The summed E-state index contributed by atoms with van der Waals surface area (Å²) in [5.41, 5.74) is 2.24. The lowest BCUT2D eigenvalue weighted by molar-refractivity contribution is -0.125. The van der Waals surface area contributed by atoms with Crippen LogP contribution in [0.1, 0.15) is 19.4 Å². The number of carbonyl (C=O) groups is 2. The number of benzene rings is 2. The first-order chi connectivity index (χ1) is 12.1. The minimum atomic E-state index is -0.498. The number of amides is 2. The molecule has 128 valence electrons. The average Bonchev–Trinajstić information content (AvgIpc) is 2.62. The molecule has 3 rings (SSSR count). The second-order valence-corrected chi connectivity index (χ2v) is 5.76. The second kappa shape index (κ2) is 7.21. The summed E-state index contributed by atoms with van der Waals surface area (Å²) in [5, 5.41) is 2.81. The molecule has 0 aliphatic carbocycles. The fourth-order valence-electron chi connectivity index (χ4n) is 2.73. The first-order valence-electron chi connectivity index (χ1n) is 8.24. The van der Waals surface area contributed by atoms with E-state index in [9.17, 15) is 9.59 Å². The van der Waals surface area contributed by atoms with Gasteiger partial charge >= 0.3 is 0 Å². The standard InChI is InChI=1S/C20H20N2O3/c1-3-22-17-13-16(10-11-18(17)25-14(2)20(22)24)21-19(23)12-9-15-7-5-4-6-8-15/h4-14H,3H2,1-2H3,(H,21,23)/b12-9+. The maximum atomic E-state index is 12.2. The Morgan fingerprint density at radius 1 is 1.24 bits per heavy atom. The van der Waals surface area contributed by atoms with E-state index in [-0.39, 0.29) is 11.8 Å². The van der Waals surface area contributed by atoms with Gasteiger partial charge in [0.15, 0.2) is 6.10 Å². The molecular formula is C20H20N2O3. The smallest absolute Gasteiger partial charge is 0.267 e. The normalized spacial score (nSPS) is 16.5. The largest absolute Gasteiger partial charge is 0.479 e. The van der Waals surface area contributed by atoms with E-state index in [0.717, 1.165) is 5.56 Å². The van der Waals surface area contributed by atoms with Crippen LogP contribution in [-0.2, 0) is 9.59 Å². The van der Waals surface area contributed by atoms with Gasteiger partial charge in [0, 0.05) is 18.3 Å². The molecule has 0 radical (unpaired) electrons. The third-order valence-corrected chi connectivity index (χ3v) is 3.98. The molecule has 5 nitrogen and oxygen atoms in total. The number of carbonyl (C=O) groups excluding carboxylic acids is 2. The Labute approximate surface area is 146 Å². The quantitative estimate of drug-likeness (QED) is 0.870. The summed E-state index contributed by atoms with van der Waals surface area (Å²) < 4.78 is 5.62. The van der Waals surface area contributed by atoms with Crippen LogP contribution in [0.4, 0.5) is 11.4 Å². The molecule has 0 saturated carbocycles. The van der Waals surface area contributed by atoms with Gasteiger partial charge in [0.05, 0.1) is 5.69 Å². The van der Waals surface area contributed by atoms with E-state index in [0.29, 0.717) is 23.7 Å². The fraction of sp³-hybridized carbons (Fsp3) is 0.200. The van der Waals surface area contributed by atoms with Crippen LogP contribution < -0.4 is 15.0 Å². The first kappa shape index (κ1) is 16.8. The molecule has 5 heteroatoms. The van der Waals surface area contributed by atoms with E-state index in [2.05, 4.69) is 5.32 Å². The van der Waals surface area contributed by atoms with Crippen LogP contribution in [0.15, 0.2) is 54.6 Å². The number of rotatable bonds is 4. The zero-order chi connectivity index (χ0) is 17.8. The van der Waals surface area contributed by atoms with E-state index >= 15 is 0 Å². The molecular weight excluding hydrogens is 316 g/mol. The molecule has 0 spiro atoms. The molecule has 0 bridgehead atoms. The predicted octanol–water partition coefficient (Wildman–Crippen LogP) is 3.47. The Bertz CT molecular complexity index is 815. The highest BCUT2D eigenvalue weighted by molar-refractivity contribution is 6.04. The molecule has 1 heterocycles. The molecule has 0 saturated heterocycles. The minimum absolute atomic E-state index is 0.0811. The van der Waals surface area contributed by atoms with E-state index in [1.165, 1.54) is 6.08 Å². The Balaban J connectivity index is 1.76. The van der Waals surface area contributed by atoms with E-state index in [4.69, 9.17) is 4.74 Å². The molecule has 1 aliphatic rings. The van der Waals surface area contributed by atoms with Crippen LogP contribution in [0.25, 0.3) is 6.08 Å². The number of ether oxygens (including phenoxy) is 1. The summed E-state index contributed by atoms with van der Waals surface area (Å²) in [6, 6.07) is 14.9.